The van der Waals surface area contributed by atoms with Crippen LogP contribution in [-0.4, -0.2) is 42.2 Å². The van der Waals surface area contributed by atoms with E-state index in [4.69, 9.17) is 14.5 Å². The fourth-order valence-electron chi connectivity index (χ4n) is 7.01. The minimum Gasteiger partial charge on any atom is -0.494 e. The van der Waals surface area contributed by atoms with Gasteiger partial charge in [-0.3, -0.25) is 4.79 Å². The molecule has 1 aliphatic heterocycles. The van der Waals surface area contributed by atoms with Crippen molar-refractivity contribution in [3.8, 4) is 16.9 Å². The van der Waals surface area contributed by atoms with Gasteiger partial charge in [-0.15, -0.1) is 0 Å². The topological polar surface area (TPSA) is 129 Å². The second-order valence-electron chi connectivity index (χ2n) is 13.4. The largest absolute Gasteiger partial charge is 0.494 e. The zero-order valence-electron chi connectivity index (χ0n) is 30.2. The van der Waals surface area contributed by atoms with Gasteiger partial charge >= 0.3 is 0 Å². The van der Waals surface area contributed by atoms with Crippen LogP contribution < -0.4 is 10.1 Å². The molecule has 0 spiro atoms. The standard InChI is InChI=1S/C46H41N5O4/c47-51-50-42-20-11-10-19-39(42)31-46(45(53)48-32-41(35-15-6-2-7-16-35)36-17-8-3-9-18-36)43(37-23-21-34(22-24-37)33-13-4-1-5-14-33)55-44(49-46)38-25-27-40(28-26-38)54-30-12-29-52/h1-11,13-28,41,43,52H,12,29-32H2,(H,48,53)/t43-,46-/m1/s1. The third kappa shape index (κ3) is 8.44. The zero-order chi connectivity index (χ0) is 37.9. The first-order valence-corrected chi connectivity index (χ1v) is 18.3. The Bertz CT molecular complexity index is 2220. The van der Waals surface area contributed by atoms with Crippen molar-refractivity contribution in [2.24, 2.45) is 10.1 Å². The first-order chi connectivity index (χ1) is 27.1. The number of carbonyl (C=O) groups excluding carboxylic acids is 1. The third-order valence-corrected chi connectivity index (χ3v) is 9.83. The molecule has 9 nitrogen and oxygen atoms in total. The number of ether oxygens (including phenoxy) is 2. The normalized spacial score (nSPS) is 16.1. The molecule has 0 unspecified atom stereocenters. The van der Waals surface area contributed by atoms with E-state index in [0.717, 1.165) is 27.8 Å². The van der Waals surface area contributed by atoms with Gasteiger partial charge in [-0.25, -0.2) is 4.99 Å². The van der Waals surface area contributed by atoms with E-state index in [-0.39, 0.29) is 24.9 Å². The van der Waals surface area contributed by atoms with Crippen molar-refractivity contribution in [2.75, 3.05) is 19.8 Å². The molecule has 0 fully saturated rings. The van der Waals surface area contributed by atoms with Crippen LogP contribution in [0, 0.1) is 0 Å². The molecule has 1 amide bonds. The van der Waals surface area contributed by atoms with Gasteiger partial charge in [0.25, 0.3) is 5.91 Å². The fourth-order valence-corrected chi connectivity index (χ4v) is 7.01. The highest BCUT2D eigenvalue weighted by atomic mass is 16.5. The number of aliphatic hydroxyl groups excluding tert-OH is 1. The summed E-state index contributed by atoms with van der Waals surface area (Å²) in [5, 5.41) is 16.5. The van der Waals surface area contributed by atoms with Gasteiger partial charge in [-0.1, -0.05) is 145 Å². The quantitative estimate of drug-likeness (QED) is 0.0473. The Morgan fingerprint density at radius 2 is 1.36 bits per heavy atom. The molecule has 0 bridgehead atoms. The van der Waals surface area contributed by atoms with E-state index in [0.29, 0.717) is 48.0 Å². The van der Waals surface area contributed by atoms with Crippen LogP contribution in [0.3, 0.4) is 0 Å². The monoisotopic (exact) mass is 727 g/mol. The first kappa shape index (κ1) is 36.7. The Kier molecular flexibility index (Phi) is 11.6. The Labute approximate surface area is 320 Å². The number of nitrogens with zero attached hydrogens (tertiary/aromatic N) is 4. The summed E-state index contributed by atoms with van der Waals surface area (Å²) >= 11 is 0. The van der Waals surface area contributed by atoms with Crippen LogP contribution in [0.4, 0.5) is 5.69 Å². The minimum atomic E-state index is -1.51. The number of benzene rings is 6. The van der Waals surface area contributed by atoms with Gasteiger partial charge in [0.15, 0.2) is 11.6 Å². The molecule has 7 rings (SSSR count). The number of azide groups is 1. The van der Waals surface area contributed by atoms with E-state index in [9.17, 15) is 10.6 Å². The first-order valence-electron chi connectivity index (χ1n) is 18.3. The number of aliphatic hydroxyl groups is 1. The summed E-state index contributed by atoms with van der Waals surface area (Å²) in [4.78, 5) is 23.5. The SMILES string of the molecule is [N-]=[N+]=Nc1ccccc1C[C@@]1(C(=O)NCC(c2ccccc2)c2ccccc2)N=C(c2ccc(OCCCO)cc2)O[C@@H]1c1ccc(-c2ccccc2)cc1. The summed E-state index contributed by atoms with van der Waals surface area (Å²) in [6.45, 7) is 0.729. The lowest BCUT2D eigenvalue weighted by molar-refractivity contribution is -0.129. The van der Waals surface area contributed by atoms with Crippen molar-refractivity contribution < 1.29 is 19.4 Å². The van der Waals surface area contributed by atoms with Crippen molar-refractivity contribution in [3.63, 3.8) is 0 Å². The van der Waals surface area contributed by atoms with Gasteiger partial charge in [-0.2, -0.15) is 0 Å². The molecule has 9 heteroatoms. The lowest BCUT2D eigenvalue weighted by atomic mass is 9.81. The van der Waals surface area contributed by atoms with Gasteiger partial charge in [0.2, 0.25) is 5.90 Å². The smallest absolute Gasteiger partial charge is 0.252 e. The minimum absolute atomic E-state index is 0.0425. The highest BCUT2D eigenvalue weighted by molar-refractivity contribution is 6.01. The number of rotatable bonds is 15. The highest BCUT2D eigenvalue weighted by Gasteiger charge is 2.53. The average molecular weight is 728 g/mol. The Morgan fingerprint density at radius 3 is 2.00 bits per heavy atom. The number of amides is 1. The van der Waals surface area contributed by atoms with Crippen LogP contribution in [0.1, 0.15) is 46.3 Å². The molecule has 274 valence electrons. The predicted molar refractivity (Wildman–Crippen MR) is 215 cm³/mol. The summed E-state index contributed by atoms with van der Waals surface area (Å²) in [5.41, 5.74) is 14.7. The molecule has 2 atom stereocenters. The summed E-state index contributed by atoms with van der Waals surface area (Å²) in [7, 11) is 0. The highest BCUT2D eigenvalue weighted by Crippen LogP contribution is 2.44. The van der Waals surface area contributed by atoms with Crippen molar-refractivity contribution in [1.29, 1.82) is 0 Å². The third-order valence-electron chi connectivity index (χ3n) is 9.83. The summed E-state index contributed by atoms with van der Waals surface area (Å²) < 4.78 is 12.6. The summed E-state index contributed by atoms with van der Waals surface area (Å²) in [6.07, 6.45) is -0.238. The Hall–Kier alpha value is -6.67. The molecule has 0 aromatic heterocycles. The van der Waals surface area contributed by atoms with E-state index < -0.39 is 11.6 Å². The number of aliphatic imine (C=N–C) groups is 1. The second-order valence-corrected chi connectivity index (χ2v) is 13.4. The van der Waals surface area contributed by atoms with Crippen LogP contribution >= 0.6 is 0 Å². The maximum absolute atomic E-state index is 15.2. The lowest BCUT2D eigenvalue weighted by Crippen LogP contribution is -2.50. The molecule has 6 aromatic rings. The molecule has 1 aliphatic rings. The van der Waals surface area contributed by atoms with E-state index >= 15 is 4.79 Å². The molecule has 0 radical (unpaired) electrons. The lowest BCUT2D eigenvalue weighted by Gasteiger charge is -2.32. The van der Waals surface area contributed by atoms with Crippen molar-refractivity contribution in [3.05, 3.63) is 202 Å². The van der Waals surface area contributed by atoms with Crippen molar-refractivity contribution in [1.82, 2.24) is 5.32 Å². The van der Waals surface area contributed by atoms with Gasteiger partial charge in [0, 0.05) is 48.1 Å². The number of hydrogen-bond donors (Lipinski definition) is 2. The molecule has 55 heavy (non-hydrogen) atoms. The van der Waals surface area contributed by atoms with Crippen LogP contribution in [0.2, 0.25) is 0 Å². The molecule has 1 heterocycles. The van der Waals surface area contributed by atoms with Gasteiger partial charge in [-0.05, 0) is 63.2 Å². The van der Waals surface area contributed by atoms with E-state index in [1.807, 2.05) is 115 Å². The maximum atomic E-state index is 15.2. The molecule has 0 saturated heterocycles. The van der Waals surface area contributed by atoms with Crippen molar-refractivity contribution >= 4 is 17.5 Å². The second kappa shape index (κ2) is 17.4. The van der Waals surface area contributed by atoms with E-state index in [2.05, 4.69) is 51.7 Å². The van der Waals surface area contributed by atoms with Crippen LogP contribution in [0.15, 0.2) is 174 Å². The molecular weight excluding hydrogens is 687 g/mol. The molecule has 2 N–H and O–H groups in total. The molecular formula is C46H41N5O4. The van der Waals surface area contributed by atoms with Crippen LogP contribution in [0.5, 0.6) is 5.75 Å². The Morgan fingerprint density at radius 1 is 0.782 bits per heavy atom. The van der Waals surface area contributed by atoms with Gasteiger partial charge in [0.05, 0.1) is 6.61 Å². The summed E-state index contributed by atoms with van der Waals surface area (Å²) in [5.74, 6) is 0.491. The van der Waals surface area contributed by atoms with Crippen LogP contribution in [0.25, 0.3) is 21.6 Å². The molecule has 0 saturated carbocycles. The predicted octanol–water partition coefficient (Wildman–Crippen LogP) is 9.50. The fraction of sp³-hybridized carbons (Fsp3) is 0.174. The van der Waals surface area contributed by atoms with Crippen molar-refractivity contribution in [2.45, 2.75) is 30.4 Å². The zero-order valence-corrected chi connectivity index (χ0v) is 30.2. The Balaban J connectivity index is 1.32. The number of carbonyl (C=O) groups is 1. The van der Waals surface area contributed by atoms with Gasteiger partial charge in [0.1, 0.15) is 5.75 Å². The average Bonchev–Trinajstić information content (AvgIpc) is 3.63. The summed E-state index contributed by atoms with van der Waals surface area (Å²) in [6, 6.07) is 53.0. The van der Waals surface area contributed by atoms with E-state index in [1.165, 1.54) is 0 Å². The number of hydrogen-bond acceptors (Lipinski definition) is 6. The maximum Gasteiger partial charge on any atom is 0.252 e. The number of nitrogens with one attached hydrogen (secondary N) is 1. The van der Waals surface area contributed by atoms with Gasteiger partial charge < -0.3 is 19.9 Å². The molecule has 6 aromatic carbocycles. The van der Waals surface area contributed by atoms with Crippen LogP contribution in [-0.2, 0) is 16.0 Å². The molecule has 0 aliphatic carbocycles. The van der Waals surface area contributed by atoms with E-state index in [1.54, 1.807) is 12.1 Å².